The molecular formula is C17H18F2N4O. The number of amides is 1. The summed E-state index contributed by atoms with van der Waals surface area (Å²) in [5, 5.41) is 5.45. The topological polar surface area (TPSA) is 66.9 Å². The van der Waals surface area contributed by atoms with Gasteiger partial charge in [-0.25, -0.2) is 18.7 Å². The molecule has 0 aliphatic heterocycles. The lowest BCUT2D eigenvalue weighted by Crippen LogP contribution is -2.36. The molecule has 0 spiro atoms. The Morgan fingerprint density at radius 3 is 2.29 bits per heavy atom. The first-order valence-corrected chi connectivity index (χ1v) is 7.97. The minimum absolute atomic E-state index is 0.0215. The molecule has 1 amide bonds. The molecule has 2 aromatic rings. The van der Waals surface area contributed by atoms with Crippen molar-refractivity contribution < 1.29 is 13.6 Å². The first-order valence-electron chi connectivity index (χ1n) is 7.97. The van der Waals surface area contributed by atoms with E-state index in [9.17, 15) is 13.6 Å². The van der Waals surface area contributed by atoms with Gasteiger partial charge in [-0.1, -0.05) is 25.3 Å². The molecule has 5 nitrogen and oxygen atoms in total. The summed E-state index contributed by atoms with van der Waals surface area (Å²) < 4.78 is 27.2. The molecule has 2 N–H and O–H groups in total. The summed E-state index contributed by atoms with van der Waals surface area (Å²) in [4.78, 5) is 20.1. The first-order chi connectivity index (χ1) is 11.6. The number of benzene rings is 1. The molecule has 0 saturated heterocycles. The summed E-state index contributed by atoms with van der Waals surface area (Å²) in [5.74, 6) is -1.69. The van der Waals surface area contributed by atoms with Gasteiger partial charge in [-0.05, 0) is 25.0 Å². The summed E-state index contributed by atoms with van der Waals surface area (Å²) in [6.07, 6.45) is 8.11. The highest BCUT2D eigenvalue weighted by Crippen LogP contribution is 2.21. The molecule has 1 aromatic heterocycles. The molecule has 1 fully saturated rings. The fourth-order valence-corrected chi connectivity index (χ4v) is 2.75. The van der Waals surface area contributed by atoms with Gasteiger partial charge in [0.1, 0.15) is 17.3 Å². The van der Waals surface area contributed by atoms with Crippen molar-refractivity contribution in [3.05, 3.63) is 47.8 Å². The zero-order valence-electron chi connectivity index (χ0n) is 13.1. The van der Waals surface area contributed by atoms with Crippen LogP contribution in [0.2, 0.25) is 0 Å². The van der Waals surface area contributed by atoms with Crippen molar-refractivity contribution in [1.29, 1.82) is 0 Å². The average molecular weight is 332 g/mol. The number of carbonyl (C=O) groups excluding carboxylic acids is 1. The van der Waals surface area contributed by atoms with Crippen molar-refractivity contribution in [3.8, 4) is 0 Å². The quantitative estimate of drug-likeness (QED) is 0.898. The van der Waals surface area contributed by atoms with Crippen LogP contribution in [-0.2, 0) is 0 Å². The lowest BCUT2D eigenvalue weighted by Gasteiger charge is -2.22. The number of halogens is 2. The van der Waals surface area contributed by atoms with E-state index in [0.29, 0.717) is 5.56 Å². The van der Waals surface area contributed by atoms with Crippen molar-refractivity contribution in [2.75, 3.05) is 5.32 Å². The highest BCUT2D eigenvalue weighted by atomic mass is 19.1. The number of nitrogens with zero attached hydrogens (tertiary/aromatic N) is 2. The second-order valence-electron chi connectivity index (χ2n) is 5.83. The maximum absolute atomic E-state index is 13.6. The maximum atomic E-state index is 13.6. The lowest BCUT2D eigenvalue weighted by molar-refractivity contribution is 0.0927. The van der Waals surface area contributed by atoms with Crippen LogP contribution < -0.4 is 10.6 Å². The van der Waals surface area contributed by atoms with Gasteiger partial charge in [-0.3, -0.25) is 4.79 Å². The zero-order chi connectivity index (χ0) is 16.9. The van der Waals surface area contributed by atoms with Crippen LogP contribution in [0.1, 0.15) is 42.5 Å². The summed E-state index contributed by atoms with van der Waals surface area (Å²) in [5.41, 5.74) is -0.00274. The Labute approximate surface area is 138 Å². The second-order valence-corrected chi connectivity index (χ2v) is 5.83. The minimum Gasteiger partial charge on any atom is -0.349 e. The molecule has 1 aliphatic rings. The Hall–Kier alpha value is -2.57. The van der Waals surface area contributed by atoms with Crippen molar-refractivity contribution >= 4 is 17.5 Å². The van der Waals surface area contributed by atoms with Crippen molar-refractivity contribution in [1.82, 2.24) is 15.3 Å². The highest BCUT2D eigenvalue weighted by molar-refractivity contribution is 5.93. The molecule has 3 rings (SSSR count). The SMILES string of the molecule is O=C(NC1CCCCC1)c1cnc(Nc2c(F)cccc2F)nc1. The van der Waals surface area contributed by atoms with E-state index in [-0.39, 0.29) is 23.6 Å². The maximum Gasteiger partial charge on any atom is 0.254 e. The standard InChI is InChI=1S/C17H18F2N4O/c18-13-7-4-8-14(19)15(13)23-17-20-9-11(10-21-17)16(24)22-12-5-2-1-3-6-12/h4,7-10,12H,1-3,5-6H2,(H,22,24)(H,20,21,23). The van der Waals surface area contributed by atoms with Crippen LogP contribution in [0.5, 0.6) is 0 Å². The normalized spacial score (nSPS) is 15.1. The number of hydrogen-bond donors (Lipinski definition) is 2. The molecule has 1 saturated carbocycles. The summed E-state index contributed by atoms with van der Waals surface area (Å²) in [6.45, 7) is 0. The van der Waals surface area contributed by atoms with Gasteiger partial charge in [0.2, 0.25) is 5.95 Å². The third kappa shape index (κ3) is 3.84. The Balaban J connectivity index is 1.65. The fourth-order valence-electron chi connectivity index (χ4n) is 2.75. The molecule has 1 heterocycles. The van der Waals surface area contributed by atoms with Gasteiger partial charge in [-0.15, -0.1) is 0 Å². The molecule has 126 valence electrons. The van der Waals surface area contributed by atoms with Crippen molar-refractivity contribution in [2.45, 2.75) is 38.1 Å². The predicted molar refractivity (Wildman–Crippen MR) is 86.0 cm³/mol. The summed E-state index contributed by atoms with van der Waals surface area (Å²) in [7, 11) is 0. The fraction of sp³-hybridized carbons (Fsp3) is 0.353. The molecule has 7 heteroatoms. The van der Waals surface area contributed by atoms with Gasteiger partial charge < -0.3 is 10.6 Å². The number of para-hydroxylation sites is 1. The molecular weight excluding hydrogens is 314 g/mol. The molecule has 0 atom stereocenters. The number of rotatable bonds is 4. The smallest absolute Gasteiger partial charge is 0.254 e. The molecule has 0 bridgehead atoms. The molecule has 1 aromatic carbocycles. The van der Waals surface area contributed by atoms with E-state index in [1.54, 1.807) is 0 Å². The van der Waals surface area contributed by atoms with E-state index in [2.05, 4.69) is 20.6 Å². The second kappa shape index (κ2) is 7.33. The zero-order valence-corrected chi connectivity index (χ0v) is 13.1. The third-order valence-electron chi connectivity index (χ3n) is 4.05. The summed E-state index contributed by atoms with van der Waals surface area (Å²) in [6, 6.07) is 3.74. The molecule has 0 unspecified atom stereocenters. The Morgan fingerprint density at radius 1 is 1.04 bits per heavy atom. The molecule has 24 heavy (non-hydrogen) atoms. The van der Waals surface area contributed by atoms with Crippen LogP contribution in [0.3, 0.4) is 0 Å². The van der Waals surface area contributed by atoms with E-state index < -0.39 is 11.6 Å². The van der Waals surface area contributed by atoms with Gasteiger partial charge >= 0.3 is 0 Å². The van der Waals surface area contributed by atoms with E-state index in [4.69, 9.17) is 0 Å². The first kappa shape index (κ1) is 16.3. The van der Waals surface area contributed by atoms with Gasteiger partial charge in [0.15, 0.2) is 0 Å². The molecule has 1 aliphatic carbocycles. The van der Waals surface area contributed by atoms with Gasteiger partial charge in [0.05, 0.1) is 5.56 Å². The Bertz CT molecular complexity index is 695. The average Bonchev–Trinajstić information content (AvgIpc) is 2.60. The predicted octanol–water partition coefficient (Wildman–Crippen LogP) is 3.56. The minimum atomic E-state index is -0.738. The highest BCUT2D eigenvalue weighted by Gasteiger charge is 2.17. The van der Waals surface area contributed by atoms with E-state index in [1.165, 1.54) is 24.9 Å². The van der Waals surface area contributed by atoms with E-state index >= 15 is 0 Å². The van der Waals surface area contributed by atoms with E-state index in [0.717, 1.165) is 37.8 Å². The number of aromatic nitrogens is 2. The van der Waals surface area contributed by atoms with Crippen LogP contribution in [0, 0.1) is 11.6 Å². The Kier molecular flexibility index (Phi) is 4.98. The number of hydrogen-bond acceptors (Lipinski definition) is 4. The third-order valence-corrected chi connectivity index (χ3v) is 4.05. The van der Waals surface area contributed by atoms with Crippen LogP contribution in [0.4, 0.5) is 20.4 Å². The van der Waals surface area contributed by atoms with Gasteiger partial charge in [0.25, 0.3) is 5.91 Å². The van der Waals surface area contributed by atoms with Crippen molar-refractivity contribution in [2.24, 2.45) is 0 Å². The monoisotopic (exact) mass is 332 g/mol. The number of carbonyl (C=O) groups is 1. The lowest BCUT2D eigenvalue weighted by atomic mass is 9.95. The van der Waals surface area contributed by atoms with Crippen LogP contribution in [0.25, 0.3) is 0 Å². The van der Waals surface area contributed by atoms with Crippen LogP contribution in [-0.4, -0.2) is 21.9 Å². The largest absolute Gasteiger partial charge is 0.349 e. The Morgan fingerprint density at radius 2 is 1.67 bits per heavy atom. The number of nitrogens with one attached hydrogen (secondary N) is 2. The van der Waals surface area contributed by atoms with Gasteiger partial charge in [-0.2, -0.15) is 0 Å². The van der Waals surface area contributed by atoms with Crippen LogP contribution in [0.15, 0.2) is 30.6 Å². The van der Waals surface area contributed by atoms with Crippen LogP contribution >= 0.6 is 0 Å². The summed E-state index contributed by atoms with van der Waals surface area (Å²) >= 11 is 0. The molecule has 0 radical (unpaired) electrons. The number of anilines is 2. The van der Waals surface area contributed by atoms with Crippen molar-refractivity contribution in [3.63, 3.8) is 0 Å². The van der Waals surface area contributed by atoms with Gasteiger partial charge in [0, 0.05) is 18.4 Å². The van der Waals surface area contributed by atoms with E-state index in [1.807, 2.05) is 0 Å².